The van der Waals surface area contributed by atoms with E-state index in [1.807, 2.05) is 0 Å². The van der Waals surface area contributed by atoms with Crippen molar-refractivity contribution in [1.29, 1.82) is 0 Å². The lowest BCUT2D eigenvalue weighted by atomic mass is 10.2. The number of aliphatic hydroxyl groups excluding tert-OH is 2. The van der Waals surface area contributed by atoms with Crippen molar-refractivity contribution in [3.63, 3.8) is 0 Å². The van der Waals surface area contributed by atoms with Crippen molar-refractivity contribution in [3.8, 4) is 0 Å². The minimum Gasteiger partial charge on any atom is -0.394 e. The quantitative estimate of drug-likeness (QED) is 0.514. The minimum atomic E-state index is -0.462. The molecule has 0 aliphatic carbocycles. The highest BCUT2D eigenvalue weighted by Gasteiger charge is 2.31. The summed E-state index contributed by atoms with van der Waals surface area (Å²) < 4.78 is 0. The molecule has 2 N–H and O–H groups in total. The fraction of sp³-hybridized carbons (Fsp3) is 0.857. The van der Waals surface area contributed by atoms with Gasteiger partial charge in [0.2, 0.25) is 5.91 Å². The zero-order valence-corrected chi connectivity index (χ0v) is 6.53. The predicted molar refractivity (Wildman–Crippen MR) is 38.9 cm³/mol. The van der Waals surface area contributed by atoms with Gasteiger partial charge < -0.3 is 15.1 Å². The van der Waals surface area contributed by atoms with Crippen LogP contribution in [0.25, 0.3) is 0 Å². The molecule has 0 aromatic carbocycles. The Balaban J connectivity index is 2.57. The summed E-state index contributed by atoms with van der Waals surface area (Å²) in [4.78, 5) is 12.4. The molecule has 64 valence electrons. The third-order valence-electron chi connectivity index (χ3n) is 2.01. The lowest BCUT2D eigenvalue weighted by Gasteiger charge is -2.20. The van der Waals surface area contributed by atoms with Crippen molar-refractivity contribution < 1.29 is 15.0 Å². The smallest absolute Gasteiger partial charge is 0.219 e. The van der Waals surface area contributed by atoms with Crippen LogP contribution in [0.5, 0.6) is 0 Å². The number of amides is 1. The van der Waals surface area contributed by atoms with Crippen LogP contribution in [0.2, 0.25) is 0 Å². The Kier molecular flexibility index (Phi) is 2.46. The third-order valence-corrected chi connectivity index (χ3v) is 2.01. The number of hydrogen-bond acceptors (Lipinski definition) is 3. The van der Waals surface area contributed by atoms with E-state index in [1.165, 1.54) is 11.8 Å². The molecule has 0 bridgehead atoms. The Labute approximate surface area is 65.4 Å². The van der Waals surface area contributed by atoms with E-state index >= 15 is 0 Å². The van der Waals surface area contributed by atoms with Crippen LogP contribution >= 0.6 is 0 Å². The number of nitrogens with zero attached hydrogens (tertiary/aromatic N) is 1. The highest BCUT2D eigenvalue weighted by atomic mass is 16.3. The topological polar surface area (TPSA) is 60.8 Å². The summed E-state index contributed by atoms with van der Waals surface area (Å²) >= 11 is 0. The van der Waals surface area contributed by atoms with Crippen LogP contribution in [0, 0.1) is 0 Å². The van der Waals surface area contributed by atoms with Gasteiger partial charge in [-0.25, -0.2) is 0 Å². The van der Waals surface area contributed by atoms with Crippen molar-refractivity contribution in [2.45, 2.75) is 25.5 Å². The average molecular weight is 159 g/mol. The third kappa shape index (κ3) is 1.70. The first-order valence-corrected chi connectivity index (χ1v) is 3.71. The summed E-state index contributed by atoms with van der Waals surface area (Å²) in [7, 11) is 0. The molecule has 0 aromatic rings. The average Bonchev–Trinajstić information content (AvgIpc) is 2.30. The first kappa shape index (κ1) is 8.49. The second-order valence-electron chi connectivity index (χ2n) is 2.90. The summed E-state index contributed by atoms with van der Waals surface area (Å²) in [6.07, 6.45) is 0.0341. The molecule has 0 radical (unpaired) electrons. The molecule has 1 aliphatic rings. The minimum absolute atomic E-state index is 0.0589. The van der Waals surface area contributed by atoms with Crippen molar-refractivity contribution in [1.82, 2.24) is 4.90 Å². The number of aliphatic hydroxyl groups is 2. The fourth-order valence-electron chi connectivity index (χ4n) is 1.45. The van der Waals surface area contributed by atoms with Gasteiger partial charge >= 0.3 is 0 Å². The Morgan fingerprint density at radius 1 is 1.73 bits per heavy atom. The zero-order valence-electron chi connectivity index (χ0n) is 6.53. The number of carbonyl (C=O) groups is 1. The second-order valence-corrected chi connectivity index (χ2v) is 2.90. The molecular weight excluding hydrogens is 146 g/mol. The van der Waals surface area contributed by atoms with E-state index in [0.717, 1.165) is 0 Å². The maximum absolute atomic E-state index is 10.9. The SMILES string of the molecule is CC(=O)N1C[C@H](O)C[C@H]1CO. The molecule has 1 aliphatic heterocycles. The molecule has 1 heterocycles. The Hall–Kier alpha value is -0.610. The Morgan fingerprint density at radius 2 is 2.36 bits per heavy atom. The first-order chi connectivity index (χ1) is 5.15. The predicted octanol–water partition coefficient (Wildman–Crippen LogP) is -1.04. The van der Waals surface area contributed by atoms with Crippen LogP contribution in [-0.2, 0) is 4.79 Å². The Morgan fingerprint density at radius 3 is 2.73 bits per heavy atom. The zero-order chi connectivity index (χ0) is 8.43. The molecule has 4 nitrogen and oxygen atoms in total. The lowest BCUT2D eigenvalue weighted by molar-refractivity contribution is -0.130. The van der Waals surface area contributed by atoms with Crippen molar-refractivity contribution in [2.75, 3.05) is 13.2 Å². The number of likely N-dealkylation sites (tertiary alicyclic amines) is 1. The van der Waals surface area contributed by atoms with Crippen molar-refractivity contribution >= 4 is 5.91 Å². The lowest BCUT2D eigenvalue weighted by Crippen LogP contribution is -2.36. The number of carbonyl (C=O) groups excluding carboxylic acids is 1. The number of β-amino-alcohol motifs (C(OH)–C–C–N with tert-alkyl or cyclic N) is 1. The second kappa shape index (κ2) is 3.19. The molecule has 1 rings (SSSR count). The maximum atomic E-state index is 10.9. The van der Waals surface area contributed by atoms with Gasteiger partial charge in [-0.1, -0.05) is 0 Å². The van der Waals surface area contributed by atoms with E-state index in [0.29, 0.717) is 13.0 Å². The highest BCUT2D eigenvalue weighted by molar-refractivity contribution is 5.74. The fourth-order valence-corrected chi connectivity index (χ4v) is 1.45. The van der Waals surface area contributed by atoms with E-state index in [-0.39, 0.29) is 18.6 Å². The molecular formula is C7H13NO3. The van der Waals surface area contributed by atoms with E-state index < -0.39 is 6.10 Å². The summed E-state index contributed by atoms with van der Waals surface area (Å²) in [6.45, 7) is 1.75. The largest absolute Gasteiger partial charge is 0.394 e. The van der Waals surface area contributed by atoms with Gasteiger partial charge in [-0.15, -0.1) is 0 Å². The van der Waals surface area contributed by atoms with Crippen LogP contribution in [-0.4, -0.2) is 46.3 Å². The van der Waals surface area contributed by atoms with Gasteiger partial charge in [0.25, 0.3) is 0 Å². The molecule has 0 saturated carbocycles. The van der Waals surface area contributed by atoms with Gasteiger partial charge in [-0.2, -0.15) is 0 Å². The Bertz CT molecular complexity index is 160. The molecule has 1 amide bonds. The van der Waals surface area contributed by atoms with Crippen LogP contribution in [0.1, 0.15) is 13.3 Å². The van der Waals surface area contributed by atoms with Gasteiger partial charge in [0, 0.05) is 13.5 Å². The standard InChI is InChI=1S/C7H13NO3/c1-5(10)8-3-7(11)2-6(8)4-9/h6-7,9,11H,2-4H2,1H3/t6-,7+/m0/s1. The molecule has 0 aromatic heterocycles. The van der Waals surface area contributed by atoms with Gasteiger partial charge in [0.05, 0.1) is 18.8 Å². The van der Waals surface area contributed by atoms with Gasteiger partial charge in [-0.05, 0) is 6.42 Å². The van der Waals surface area contributed by atoms with Crippen LogP contribution in [0.3, 0.4) is 0 Å². The summed E-state index contributed by atoms with van der Waals surface area (Å²) in [5.41, 5.74) is 0. The van der Waals surface area contributed by atoms with Crippen molar-refractivity contribution in [2.24, 2.45) is 0 Å². The van der Waals surface area contributed by atoms with Crippen LogP contribution < -0.4 is 0 Å². The highest BCUT2D eigenvalue weighted by Crippen LogP contribution is 2.16. The molecule has 1 saturated heterocycles. The summed E-state index contributed by atoms with van der Waals surface area (Å²) in [5, 5.41) is 17.9. The van der Waals surface area contributed by atoms with E-state index in [9.17, 15) is 4.79 Å². The molecule has 0 spiro atoms. The van der Waals surface area contributed by atoms with Crippen molar-refractivity contribution in [3.05, 3.63) is 0 Å². The number of rotatable bonds is 1. The van der Waals surface area contributed by atoms with E-state index in [4.69, 9.17) is 10.2 Å². The monoisotopic (exact) mass is 159 g/mol. The van der Waals surface area contributed by atoms with Crippen LogP contribution in [0.15, 0.2) is 0 Å². The van der Waals surface area contributed by atoms with Gasteiger partial charge in [0.15, 0.2) is 0 Å². The maximum Gasteiger partial charge on any atom is 0.219 e. The molecule has 0 unspecified atom stereocenters. The normalized spacial score (nSPS) is 31.0. The first-order valence-electron chi connectivity index (χ1n) is 3.71. The summed E-state index contributed by atoms with van der Waals surface area (Å²) in [5.74, 6) is -0.0828. The van der Waals surface area contributed by atoms with Crippen LogP contribution in [0.4, 0.5) is 0 Å². The molecule has 11 heavy (non-hydrogen) atoms. The molecule has 2 atom stereocenters. The van der Waals surface area contributed by atoms with Gasteiger partial charge in [-0.3, -0.25) is 4.79 Å². The molecule has 1 fully saturated rings. The summed E-state index contributed by atoms with van der Waals surface area (Å²) in [6, 6.07) is -0.178. The molecule has 4 heteroatoms. The van der Waals surface area contributed by atoms with E-state index in [2.05, 4.69) is 0 Å². The number of hydrogen-bond donors (Lipinski definition) is 2. The van der Waals surface area contributed by atoms with Gasteiger partial charge in [0.1, 0.15) is 0 Å². The van der Waals surface area contributed by atoms with E-state index in [1.54, 1.807) is 0 Å².